The summed E-state index contributed by atoms with van der Waals surface area (Å²) >= 11 is 9.47. The molecule has 142 valence electrons. The van der Waals surface area contributed by atoms with Crippen LogP contribution < -0.4 is 19.7 Å². The zero-order valence-electron chi connectivity index (χ0n) is 14.8. The molecular weight excluding hydrogens is 436 g/mol. The third-order valence-corrected chi connectivity index (χ3v) is 5.17. The maximum atomic E-state index is 12.6. The van der Waals surface area contributed by atoms with Crippen LogP contribution in [0.2, 0.25) is 5.02 Å². The van der Waals surface area contributed by atoms with Crippen molar-refractivity contribution in [1.29, 1.82) is 0 Å². The van der Waals surface area contributed by atoms with Crippen LogP contribution in [0.1, 0.15) is 6.42 Å². The Labute approximate surface area is 170 Å². The van der Waals surface area contributed by atoms with Crippen molar-refractivity contribution in [3.8, 4) is 11.5 Å². The molecule has 1 N–H and O–H groups in total. The summed E-state index contributed by atoms with van der Waals surface area (Å²) in [6.07, 6.45) is 0.133. The van der Waals surface area contributed by atoms with Crippen molar-refractivity contribution >= 4 is 50.7 Å². The first-order valence-corrected chi connectivity index (χ1v) is 9.38. The van der Waals surface area contributed by atoms with E-state index in [9.17, 15) is 9.59 Å². The summed E-state index contributed by atoms with van der Waals surface area (Å²) in [6, 6.07) is 10.4. The van der Waals surface area contributed by atoms with E-state index in [0.29, 0.717) is 27.9 Å². The van der Waals surface area contributed by atoms with Crippen molar-refractivity contribution in [2.75, 3.05) is 31.0 Å². The van der Waals surface area contributed by atoms with E-state index < -0.39 is 5.92 Å². The zero-order valence-corrected chi connectivity index (χ0v) is 17.1. The molecule has 0 aromatic heterocycles. The summed E-state index contributed by atoms with van der Waals surface area (Å²) in [4.78, 5) is 26.6. The summed E-state index contributed by atoms with van der Waals surface area (Å²) in [5.74, 6) is 0.273. The van der Waals surface area contributed by atoms with Gasteiger partial charge in [-0.1, -0.05) is 27.5 Å². The number of amides is 2. The molecule has 1 atom stereocenters. The maximum Gasteiger partial charge on any atom is 0.229 e. The highest BCUT2D eigenvalue weighted by molar-refractivity contribution is 9.10. The predicted octanol–water partition coefficient (Wildman–Crippen LogP) is 4.11. The Morgan fingerprint density at radius 2 is 1.93 bits per heavy atom. The largest absolute Gasteiger partial charge is 0.493 e. The number of nitrogens with one attached hydrogen (secondary N) is 1. The van der Waals surface area contributed by atoms with Crippen LogP contribution in [0.25, 0.3) is 0 Å². The van der Waals surface area contributed by atoms with E-state index >= 15 is 0 Å². The van der Waals surface area contributed by atoms with Gasteiger partial charge in [-0.25, -0.2) is 0 Å². The lowest BCUT2D eigenvalue weighted by Crippen LogP contribution is -2.28. The number of anilines is 2. The third kappa shape index (κ3) is 4.20. The van der Waals surface area contributed by atoms with Gasteiger partial charge in [0.2, 0.25) is 11.8 Å². The minimum Gasteiger partial charge on any atom is -0.493 e. The van der Waals surface area contributed by atoms with Crippen LogP contribution in [0.5, 0.6) is 11.5 Å². The number of carbonyl (C=O) groups excluding carboxylic acids is 2. The highest BCUT2D eigenvalue weighted by atomic mass is 79.9. The van der Waals surface area contributed by atoms with Gasteiger partial charge < -0.3 is 19.7 Å². The molecule has 8 heteroatoms. The second kappa shape index (κ2) is 8.19. The molecule has 1 unspecified atom stereocenters. The molecule has 0 aliphatic carbocycles. The lowest BCUT2D eigenvalue weighted by atomic mass is 10.1. The predicted molar refractivity (Wildman–Crippen MR) is 108 cm³/mol. The van der Waals surface area contributed by atoms with Gasteiger partial charge >= 0.3 is 0 Å². The standard InChI is InChI=1S/C19H18BrClN2O4/c1-26-16-6-4-13(9-17(16)27-2)23-10-11(7-18(23)24)19(25)22-15-5-3-12(20)8-14(15)21/h3-6,8-9,11H,7,10H2,1-2H3,(H,22,25). The number of nitrogens with zero attached hydrogens (tertiary/aromatic N) is 1. The number of hydrogen-bond donors (Lipinski definition) is 1. The summed E-state index contributed by atoms with van der Waals surface area (Å²) in [6.45, 7) is 0.286. The van der Waals surface area contributed by atoms with Crippen molar-refractivity contribution < 1.29 is 19.1 Å². The fourth-order valence-corrected chi connectivity index (χ4v) is 3.67. The number of hydrogen-bond acceptors (Lipinski definition) is 4. The first kappa shape index (κ1) is 19.5. The lowest BCUT2D eigenvalue weighted by molar-refractivity contribution is -0.122. The Hall–Kier alpha value is -2.25. The van der Waals surface area contributed by atoms with Gasteiger partial charge in [-0.3, -0.25) is 9.59 Å². The van der Waals surface area contributed by atoms with Crippen molar-refractivity contribution in [1.82, 2.24) is 0 Å². The Bertz CT molecular complexity index is 890. The highest BCUT2D eigenvalue weighted by Crippen LogP contribution is 2.34. The first-order valence-electron chi connectivity index (χ1n) is 8.21. The van der Waals surface area contributed by atoms with E-state index in [1.54, 1.807) is 48.4 Å². The lowest BCUT2D eigenvalue weighted by Gasteiger charge is -2.18. The first-order chi connectivity index (χ1) is 12.9. The maximum absolute atomic E-state index is 12.6. The number of benzene rings is 2. The molecule has 1 aliphatic heterocycles. The van der Waals surface area contributed by atoms with Crippen molar-refractivity contribution in [2.45, 2.75) is 6.42 Å². The molecule has 0 bridgehead atoms. The summed E-state index contributed by atoms with van der Waals surface area (Å²) < 4.78 is 11.3. The molecule has 2 aromatic rings. The van der Waals surface area contributed by atoms with Crippen LogP contribution in [0, 0.1) is 5.92 Å². The van der Waals surface area contributed by atoms with Gasteiger partial charge in [0.1, 0.15) is 0 Å². The number of rotatable bonds is 5. The van der Waals surface area contributed by atoms with Gasteiger partial charge in [0.05, 0.1) is 30.8 Å². The molecule has 1 heterocycles. The zero-order chi connectivity index (χ0) is 19.6. The van der Waals surface area contributed by atoms with E-state index in [4.69, 9.17) is 21.1 Å². The SMILES string of the molecule is COc1ccc(N2CC(C(=O)Nc3ccc(Br)cc3Cl)CC2=O)cc1OC. The van der Waals surface area contributed by atoms with Gasteiger partial charge in [0.25, 0.3) is 0 Å². The Kier molecular flexibility index (Phi) is 5.92. The van der Waals surface area contributed by atoms with Crippen molar-refractivity contribution in [3.05, 3.63) is 45.9 Å². The van der Waals surface area contributed by atoms with Crippen LogP contribution in [0.15, 0.2) is 40.9 Å². The van der Waals surface area contributed by atoms with Gasteiger partial charge in [0, 0.05) is 29.2 Å². The molecule has 3 rings (SSSR count). The van der Waals surface area contributed by atoms with Crippen molar-refractivity contribution in [3.63, 3.8) is 0 Å². The highest BCUT2D eigenvalue weighted by Gasteiger charge is 2.35. The van der Waals surface area contributed by atoms with Crippen LogP contribution in [-0.2, 0) is 9.59 Å². The molecular formula is C19H18BrClN2O4. The van der Waals surface area contributed by atoms with E-state index in [1.165, 1.54) is 7.11 Å². The van der Waals surface area contributed by atoms with Gasteiger partial charge in [-0.05, 0) is 30.3 Å². The number of ether oxygens (including phenoxy) is 2. The van der Waals surface area contributed by atoms with Crippen LogP contribution in [0.3, 0.4) is 0 Å². The van der Waals surface area contributed by atoms with E-state index in [-0.39, 0.29) is 24.8 Å². The molecule has 1 fully saturated rings. The van der Waals surface area contributed by atoms with Gasteiger partial charge in [-0.2, -0.15) is 0 Å². The minimum absolute atomic E-state index is 0.121. The van der Waals surface area contributed by atoms with E-state index in [2.05, 4.69) is 21.2 Å². The van der Waals surface area contributed by atoms with E-state index in [0.717, 1.165) is 4.47 Å². The molecule has 27 heavy (non-hydrogen) atoms. The Morgan fingerprint density at radius 1 is 1.19 bits per heavy atom. The second-order valence-corrected chi connectivity index (χ2v) is 7.38. The summed E-state index contributed by atoms with van der Waals surface area (Å²) in [7, 11) is 3.08. The molecule has 2 amide bonds. The van der Waals surface area contributed by atoms with Crippen LogP contribution in [-0.4, -0.2) is 32.6 Å². The minimum atomic E-state index is -0.467. The quantitative estimate of drug-likeness (QED) is 0.740. The van der Waals surface area contributed by atoms with Crippen LogP contribution in [0.4, 0.5) is 11.4 Å². The fourth-order valence-electron chi connectivity index (χ4n) is 2.95. The average Bonchev–Trinajstić information content (AvgIpc) is 3.05. The molecule has 0 saturated carbocycles. The average molecular weight is 454 g/mol. The van der Waals surface area contributed by atoms with E-state index in [1.807, 2.05) is 0 Å². The number of halogens is 2. The Balaban J connectivity index is 1.74. The number of carbonyl (C=O) groups is 2. The third-order valence-electron chi connectivity index (χ3n) is 4.36. The fraction of sp³-hybridized carbons (Fsp3) is 0.263. The smallest absolute Gasteiger partial charge is 0.229 e. The van der Waals surface area contributed by atoms with Crippen LogP contribution >= 0.6 is 27.5 Å². The van der Waals surface area contributed by atoms with Gasteiger partial charge in [0.15, 0.2) is 11.5 Å². The second-order valence-electron chi connectivity index (χ2n) is 6.06. The summed E-state index contributed by atoms with van der Waals surface area (Å²) in [5, 5.41) is 3.23. The monoisotopic (exact) mass is 452 g/mol. The molecule has 0 radical (unpaired) electrons. The molecule has 1 aliphatic rings. The number of methoxy groups -OCH3 is 2. The molecule has 0 spiro atoms. The normalized spacial score (nSPS) is 16.4. The van der Waals surface area contributed by atoms with Gasteiger partial charge in [-0.15, -0.1) is 0 Å². The Morgan fingerprint density at radius 3 is 2.59 bits per heavy atom. The van der Waals surface area contributed by atoms with Crippen molar-refractivity contribution in [2.24, 2.45) is 5.92 Å². The molecule has 1 saturated heterocycles. The summed E-state index contributed by atoms with van der Waals surface area (Å²) in [5.41, 5.74) is 1.18. The molecule has 2 aromatic carbocycles. The molecule has 6 nitrogen and oxygen atoms in total. The topological polar surface area (TPSA) is 67.9 Å².